The highest BCUT2D eigenvalue weighted by Crippen LogP contribution is 2.28. The average molecular weight is 367 g/mol. The van der Waals surface area contributed by atoms with Crippen molar-refractivity contribution >= 4 is 43.8 Å². The third kappa shape index (κ3) is 3.85. The molecule has 3 aromatic rings. The second-order valence-corrected chi connectivity index (χ2v) is 7.41. The zero-order valence-corrected chi connectivity index (χ0v) is 14.0. The molecule has 118 valence electrons. The summed E-state index contributed by atoms with van der Waals surface area (Å²) in [5.74, 6) is 0. The van der Waals surface area contributed by atoms with Gasteiger partial charge in [-0.25, -0.2) is 23.5 Å². The number of anilines is 2. The van der Waals surface area contributed by atoms with Crippen LogP contribution in [0.1, 0.15) is 0 Å². The molecule has 0 saturated carbocycles. The zero-order valence-electron chi connectivity index (χ0n) is 11.6. The smallest absolute Gasteiger partial charge is 0.238 e. The first-order valence-corrected chi connectivity index (χ1v) is 9.19. The van der Waals surface area contributed by atoms with Crippen molar-refractivity contribution in [1.82, 2.24) is 9.97 Å². The van der Waals surface area contributed by atoms with Gasteiger partial charge in [-0.05, 0) is 36.4 Å². The fraction of sp³-hybridized carbons (Fsp3) is 0. The Morgan fingerprint density at radius 1 is 1.17 bits per heavy atom. The molecule has 0 saturated heterocycles. The molecule has 0 amide bonds. The van der Waals surface area contributed by atoms with Gasteiger partial charge in [0.2, 0.25) is 10.0 Å². The van der Waals surface area contributed by atoms with Gasteiger partial charge in [-0.3, -0.25) is 0 Å². The molecule has 0 aliphatic heterocycles. The number of benzene rings is 1. The number of pyridine rings is 1. The van der Waals surface area contributed by atoms with E-state index in [1.54, 1.807) is 24.4 Å². The number of halogens is 1. The number of rotatable bonds is 4. The summed E-state index contributed by atoms with van der Waals surface area (Å²) >= 11 is 7.30. The summed E-state index contributed by atoms with van der Waals surface area (Å²) in [7, 11) is -3.69. The lowest BCUT2D eigenvalue weighted by Gasteiger charge is -2.03. The number of aromatic nitrogens is 2. The van der Waals surface area contributed by atoms with E-state index in [2.05, 4.69) is 15.3 Å². The van der Waals surface area contributed by atoms with Crippen LogP contribution in [0.5, 0.6) is 0 Å². The van der Waals surface area contributed by atoms with E-state index in [1.807, 2.05) is 11.4 Å². The molecule has 23 heavy (non-hydrogen) atoms. The Balaban J connectivity index is 1.79. The lowest BCUT2D eigenvalue weighted by Crippen LogP contribution is -2.11. The maximum atomic E-state index is 11.2. The summed E-state index contributed by atoms with van der Waals surface area (Å²) < 4.78 is 22.4. The third-order valence-electron chi connectivity index (χ3n) is 2.96. The minimum Gasteiger partial charge on any atom is -0.332 e. The van der Waals surface area contributed by atoms with Gasteiger partial charge in [0, 0.05) is 22.8 Å². The van der Waals surface area contributed by atoms with Crippen LogP contribution in [-0.2, 0) is 10.0 Å². The SMILES string of the molecule is NS(=O)(=O)c1ccc(Nc2nc(-c3ccnc(Cl)c3)cs2)cc1. The molecule has 6 nitrogen and oxygen atoms in total. The summed E-state index contributed by atoms with van der Waals surface area (Å²) in [6.07, 6.45) is 1.62. The van der Waals surface area contributed by atoms with E-state index in [0.29, 0.717) is 16.0 Å². The van der Waals surface area contributed by atoms with Crippen LogP contribution >= 0.6 is 22.9 Å². The standard InChI is InChI=1S/C14H11ClN4O2S2/c15-13-7-9(5-6-17-13)12-8-22-14(19-12)18-10-1-3-11(4-2-10)23(16,20)21/h1-8H,(H,18,19)(H2,16,20,21). The fourth-order valence-corrected chi connectivity index (χ4v) is 3.31. The summed E-state index contributed by atoms with van der Waals surface area (Å²) in [6, 6.07) is 9.70. The van der Waals surface area contributed by atoms with Crippen LogP contribution in [0.4, 0.5) is 10.8 Å². The molecular formula is C14H11ClN4O2S2. The molecule has 3 N–H and O–H groups in total. The van der Waals surface area contributed by atoms with Crippen molar-refractivity contribution in [2.75, 3.05) is 5.32 Å². The highest BCUT2D eigenvalue weighted by Gasteiger charge is 2.08. The summed E-state index contributed by atoms with van der Waals surface area (Å²) in [6.45, 7) is 0. The molecule has 0 spiro atoms. The van der Waals surface area contributed by atoms with E-state index in [1.165, 1.54) is 23.5 Å². The van der Waals surface area contributed by atoms with Crippen molar-refractivity contribution in [3.63, 3.8) is 0 Å². The normalized spacial score (nSPS) is 11.4. The maximum absolute atomic E-state index is 11.2. The number of nitrogens with one attached hydrogen (secondary N) is 1. The van der Waals surface area contributed by atoms with E-state index in [4.69, 9.17) is 16.7 Å². The van der Waals surface area contributed by atoms with Crippen LogP contribution < -0.4 is 10.5 Å². The molecule has 0 radical (unpaired) electrons. The highest BCUT2D eigenvalue weighted by molar-refractivity contribution is 7.89. The fourth-order valence-electron chi connectivity index (χ4n) is 1.88. The predicted molar refractivity (Wildman–Crippen MR) is 91.5 cm³/mol. The number of hydrogen-bond acceptors (Lipinski definition) is 6. The Labute approximate surface area is 142 Å². The molecule has 2 aromatic heterocycles. The first kappa shape index (κ1) is 15.9. The number of thiazole rings is 1. The monoisotopic (exact) mass is 366 g/mol. The van der Waals surface area contributed by atoms with Crippen LogP contribution in [0.3, 0.4) is 0 Å². The number of nitrogens with two attached hydrogens (primary N) is 1. The molecule has 0 unspecified atom stereocenters. The molecule has 0 aliphatic carbocycles. The minimum atomic E-state index is -3.69. The Hall–Kier alpha value is -2.00. The van der Waals surface area contributed by atoms with Gasteiger partial charge in [0.25, 0.3) is 0 Å². The van der Waals surface area contributed by atoms with Crippen molar-refractivity contribution in [2.45, 2.75) is 4.90 Å². The van der Waals surface area contributed by atoms with E-state index in [9.17, 15) is 8.42 Å². The Morgan fingerprint density at radius 3 is 2.57 bits per heavy atom. The van der Waals surface area contributed by atoms with Gasteiger partial charge in [-0.1, -0.05) is 11.6 Å². The lowest BCUT2D eigenvalue weighted by atomic mass is 10.2. The molecular weight excluding hydrogens is 356 g/mol. The number of sulfonamides is 1. The van der Waals surface area contributed by atoms with Crippen LogP contribution in [0.25, 0.3) is 11.3 Å². The summed E-state index contributed by atoms with van der Waals surface area (Å²) in [5, 5.41) is 11.2. The van der Waals surface area contributed by atoms with Crippen molar-refractivity contribution in [3.05, 3.63) is 53.1 Å². The second kappa shape index (κ2) is 6.25. The van der Waals surface area contributed by atoms with Gasteiger partial charge in [0.05, 0.1) is 10.6 Å². The van der Waals surface area contributed by atoms with Crippen LogP contribution in [0.15, 0.2) is 52.9 Å². The van der Waals surface area contributed by atoms with Crippen molar-refractivity contribution < 1.29 is 8.42 Å². The average Bonchev–Trinajstić information content (AvgIpc) is 2.95. The molecule has 3 rings (SSSR count). The van der Waals surface area contributed by atoms with Gasteiger partial charge < -0.3 is 5.32 Å². The van der Waals surface area contributed by atoms with Crippen molar-refractivity contribution in [2.24, 2.45) is 5.14 Å². The second-order valence-electron chi connectivity index (χ2n) is 4.60. The van der Waals surface area contributed by atoms with Gasteiger partial charge in [0.15, 0.2) is 5.13 Å². The summed E-state index contributed by atoms with van der Waals surface area (Å²) in [4.78, 5) is 8.46. The predicted octanol–water partition coefficient (Wildman–Crippen LogP) is 3.25. The van der Waals surface area contributed by atoms with Crippen molar-refractivity contribution in [3.8, 4) is 11.3 Å². The molecule has 0 aliphatic rings. The maximum Gasteiger partial charge on any atom is 0.238 e. The quantitative estimate of drug-likeness (QED) is 0.690. The molecule has 1 aromatic carbocycles. The summed E-state index contributed by atoms with van der Waals surface area (Å²) in [5.41, 5.74) is 2.37. The largest absolute Gasteiger partial charge is 0.332 e. The van der Waals surface area contributed by atoms with Gasteiger partial charge in [-0.15, -0.1) is 11.3 Å². The van der Waals surface area contributed by atoms with E-state index in [0.717, 1.165) is 11.3 Å². The minimum absolute atomic E-state index is 0.0642. The molecule has 9 heteroatoms. The molecule has 0 atom stereocenters. The first-order valence-electron chi connectivity index (χ1n) is 6.39. The van der Waals surface area contributed by atoms with E-state index < -0.39 is 10.0 Å². The highest BCUT2D eigenvalue weighted by atomic mass is 35.5. The molecule has 0 fully saturated rings. The van der Waals surface area contributed by atoms with E-state index in [-0.39, 0.29) is 4.90 Å². The zero-order chi connectivity index (χ0) is 16.4. The third-order valence-corrected chi connectivity index (χ3v) is 4.85. The van der Waals surface area contributed by atoms with Gasteiger partial charge >= 0.3 is 0 Å². The topological polar surface area (TPSA) is 98.0 Å². The first-order chi connectivity index (χ1) is 10.9. The number of nitrogens with zero attached hydrogens (tertiary/aromatic N) is 2. The Kier molecular flexibility index (Phi) is 4.31. The van der Waals surface area contributed by atoms with Crippen molar-refractivity contribution in [1.29, 1.82) is 0 Å². The number of primary sulfonamides is 1. The molecule has 0 bridgehead atoms. The molecule has 2 heterocycles. The Morgan fingerprint density at radius 2 is 1.91 bits per heavy atom. The van der Waals surface area contributed by atoms with Crippen LogP contribution in [-0.4, -0.2) is 18.4 Å². The Bertz CT molecular complexity index is 939. The lowest BCUT2D eigenvalue weighted by molar-refractivity contribution is 0.598. The van der Waals surface area contributed by atoms with E-state index >= 15 is 0 Å². The van der Waals surface area contributed by atoms with Gasteiger partial charge in [0.1, 0.15) is 5.15 Å². The number of hydrogen-bond donors (Lipinski definition) is 2. The van der Waals surface area contributed by atoms with Crippen LogP contribution in [0, 0.1) is 0 Å². The van der Waals surface area contributed by atoms with Gasteiger partial charge in [-0.2, -0.15) is 0 Å². The van der Waals surface area contributed by atoms with Crippen LogP contribution in [0.2, 0.25) is 5.15 Å².